The highest BCUT2D eigenvalue weighted by Crippen LogP contribution is 2.30. The molecule has 1 fully saturated rings. The molecular formula is C30H28N2O6. The van der Waals surface area contributed by atoms with Crippen molar-refractivity contribution in [3.05, 3.63) is 83.9 Å². The Morgan fingerprint density at radius 3 is 2.32 bits per heavy atom. The quantitative estimate of drug-likeness (QED) is 0.190. The second kappa shape index (κ2) is 12.6. The van der Waals surface area contributed by atoms with E-state index in [-0.39, 0.29) is 23.0 Å². The lowest BCUT2D eigenvalue weighted by Gasteiger charge is -2.26. The van der Waals surface area contributed by atoms with Gasteiger partial charge in [0.05, 0.1) is 20.3 Å². The Bertz CT molecular complexity index is 1340. The van der Waals surface area contributed by atoms with Crippen molar-refractivity contribution in [2.24, 2.45) is 0 Å². The van der Waals surface area contributed by atoms with Crippen molar-refractivity contribution in [3.63, 3.8) is 0 Å². The van der Waals surface area contributed by atoms with Crippen LogP contribution in [0.3, 0.4) is 0 Å². The summed E-state index contributed by atoms with van der Waals surface area (Å²) in [5, 5.41) is 9.53. The Balaban J connectivity index is 1.41. The van der Waals surface area contributed by atoms with Gasteiger partial charge in [-0.2, -0.15) is 5.26 Å². The monoisotopic (exact) mass is 512 g/mol. The van der Waals surface area contributed by atoms with Crippen LogP contribution in [0.1, 0.15) is 12.5 Å². The van der Waals surface area contributed by atoms with Gasteiger partial charge in [0.2, 0.25) is 0 Å². The van der Waals surface area contributed by atoms with E-state index in [0.717, 1.165) is 11.1 Å². The zero-order valence-corrected chi connectivity index (χ0v) is 21.3. The fourth-order valence-corrected chi connectivity index (χ4v) is 3.90. The van der Waals surface area contributed by atoms with E-state index in [4.69, 9.17) is 18.9 Å². The summed E-state index contributed by atoms with van der Waals surface area (Å²) < 4.78 is 22.0. The van der Waals surface area contributed by atoms with Gasteiger partial charge in [0.25, 0.3) is 5.91 Å². The SMILES string of the molecule is COc1cc(/C=C(\C#N)C(=O)N2CCOCC2)ccc1OC(=O)C(C)Oc1ccc(-c2ccccc2)cc1. The number of esters is 1. The lowest BCUT2D eigenvalue weighted by atomic mass is 10.1. The first kappa shape index (κ1) is 26.5. The number of carbonyl (C=O) groups is 2. The zero-order valence-electron chi connectivity index (χ0n) is 21.3. The summed E-state index contributed by atoms with van der Waals surface area (Å²) in [7, 11) is 1.44. The number of methoxy groups -OCH3 is 1. The Morgan fingerprint density at radius 2 is 1.66 bits per heavy atom. The molecule has 1 amide bonds. The minimum atomic E-state index is -0.877. The average Bonchev–Trinajstić information content (AvgIpc) is 2.97. The third-order valence-electron chi connectivity index (χ3n) is 5.96. The fourth-order valence-electron chi connectivity index (χ4n) is 3.90. The first-order chi connectivity index (χ1) is 18.5. The molecule has 3 aromatic rings. The zero-order chi connectivity index (χ0) is 26.9. The number of morpholine rings is 1. The number of carbonyl (C=O) groups excluding carboxylic acids is 2. The first-order valence-corrected chi connectivity index (χ1v) is 12.2. The smallest absolute Gasteiger partial charge is 0.352 e. The highest BCUT2D eigenvalue weighted by atomic mass is 16.6. The minimum absolute atomic E-state index is 0.000923. The summed E-state index contributed by atoms with van der Waals surface area (Å²) in [4.78, 5) is 27.0. The molecule has 3 aromatic carbocycles. The lowest BCUT2D eigenvalue weighted by molar-refractivity contribution is -0.141. The topological polar surface area (TPSA) is 98.1 Å². The van der Waals surface area contributed by atoms with E-state index in [2.05, 4.69) is 0 Å². The normalized spacial score (nSPS) is 14.2. The van der Waals surface area contributed by atoms with Gasteiger partial charge in [0.15, 0.2) is 17.6 Å². The standard InChI is InChI=1S/C30H28N2O6/c1-21(37-26-11-9-24(10-12-26)23-6-4-3-5-7-23)30(34)38-27-13-8-22(19-28(27)35-2)18-25(20-31)29(33)32-14-16-36-17-15-32/h3-13,18-19,21H,14-17H2,1-2H3/b25-18+. The molecule has 0 saturated carbocycles. The van der Waals surface area contributed by atoms with E-state index in [9.17, 15) is 14.9 Å². The van der Waals surface area contributed by atoms with Crippen LogP contribution in [0.4, 0.5) is 0 Å². The second-order valence-corrected chi connectivity index (χ2v) is 8.56. The summed E-state index contributed by atoms with van der Waals surface area (Å²) in [6, 6.07) is 24.2. The Morgan fingerprint density at radius 1 is 0.974 bits per heavy atom. The highest BCUT2D eigenvalue weighted by molar-refractivity contribution is 6.01. The number of rotatable bonds is 8. The molecule has 0 spiro atoms. The maximum atomic E-state index is 12.7. The Hall–Kier alpha value is -4.61. The summed E-state index contributed by atoms with van der Waals surface area (Å²) in [5.41, 5.74) is 2.68. The molecule has 0 aliphatic carbocycles. The van der Waals surface area contributed by atoms with Crippen molar-refractivity contribution in [3.8, 4) is 34.4 Å². The molecule has 0 aromatic heterocycles. The van der Waals surface area contributed by atoms with E-state index in [1.165, 1.54) is 13.2 Å². The largest absolute Gasteiger partial charge is 0.493 e. The van der Waals surface area contributed by atoms with Crippen molar-refractivity contribution < 1.29 is 28.5 Å². The van der Waals surface area contributed by atoms with Crippen molar-refractivity contribution in [2.75, 3.05) is 33.4 Å². The van der Waals surface area contributed by atoms with Crippen LogP contribution in [0, 0.1) is 11.3 Å². The number of ether oxygens (including phenoxy) is 4. The molecule has 4 rings (SSSR count). The van der Waals surface area contributed by atoms with Gasteiger partial charge < -0.3 is 23.8 Å². The molecule has 0 N–H and O–H groups in total. The first-order valence-electron chi connectivity index (χ1n) is 12.2. The summed E-state index contributed by atoms with van der Waals surface area (Å²) in [5.74, 6) is 0.0627. The molecule has 1 unspecified atom stereocenters. The van der Waals surface area contributed by atoms with Gasteiger partial charge in [-0.05, 0) is 54.0 Å². The number of nitrogens with zero attached hydrogens (tertiary/aromatic N) is 2. The Kier molecular flexibility index (Phi) is 8.75. The molecule has 1 saturated heterocycles. The van der Waals surface area contributed by atoms with E-state index in [1.54, 1.807) is 42.2 Å². The van der Waals surface area contributed by atoms with Crippen LogP contribution in [-0.4, -0.2) is 56.3 Å². The molecule has 8 heteroatoms. The predicted octanol–water partition coefficient (Wildman–Crippen LogP) is 4.50. The van der Waals surface area contributed by atoms with Gasteiger partial charge in [-0.15, -0.1) is 0 Å². The van der Waals surface area contributed by atoms with Crippen LogP contribution in [0.2, 0.25) is 0 Å². The Labute approximate surface area is 221 Å². The number of hydrogen-bond donors (Lipinski definition) is 0. The van der Waals surface area contributed by atoms with Crippen LogP contribution >= 0.6 is 0 Å². The molecule has 1 aliphatic heterocycles. The van der Waals surface area contributed by atoms with Crippen LogP contribution in [-0.2, 0) is 14.3 Å². The van der Waals surface area contributed by atoms with Gasteiger partial charge in [-0.3, -0.25) is 4.79 Å². The third kappa shape index (κ3) is 6.58. The van der Waals surface area contributed by atoms with E-state index in [0.29, 0.717) is 37.6 Å². The summed E-state index contributed by atoms with van der Waals surface area (Å²) in [6.07, 6.45) is 0.606. The number of benzene rings is 3. The fraction of sp³-hybridized carbons (Fsp3) is 0.233. The number of hydrogen-bond acceptors (Lipinski definition) is 7. The predicted molar refractivity (Wildman–Crippen MR) is 142 cm³/mol. The molecule has 0 radical (unpaired) electrons. The van der Waals surface area contributed by atoms with E-state index >= 15 is 0 Å². The van der Waals surface area contributed by atoms with Gasteiger partial charge >= 0.3 is 5.97 Å². The summed E-state index contributed by atoms with van der Waals surface area (Å²) >= 11 is 0. The highest BCUT2D eigenvalue weighted by Gasteiger charge is 2.22. The van der Waals surface area contributed by atoms with E-state index < -0.39 is 12.1 Å². The van der Waals surface area contributed by atoms with Crippen LogP contribution in [0.15, 0.2) is 78.4 Å². The van der Waals surface area contributed by atoms with Gasteiger partial charge in [0, 0.05) is 13.1 Å². The number of nitriles is 1. The molecule has 38 heavy (non-hydrogen) atoms. The maximum absolute atomic E-state index is 12.7. The third-order valence-corrected chi connectivity index (χ3v) is 5.96. The molecule has 1 heterocycles. The molecular weight excluding hydrogens is 484 g/mol. The van der Waals surface area contributed by atoms with Crippen LogP contribution in [0.25, 0.3) is 17.2 Å². The maximum Gasteiger partial charge on any atom is 0.352 e. The van der Waals surface area contributed by atoms with Gasteiger partial charge in [0.1, 0.15) is 17.4 Å². The molecule has 1 aliphatic rings. The van der Waals surface area contributed by atoms with Gasteiger partial charge in [-0.25, -0.2) is 4.79 Å². The van der Waals surface area contributed by atoms with Crippen molar-refractivity contribution in [2.45, 2.75) is 13.0 Å². The molecule has 194 valence electrons. The van der Waals surface area contributed by atoms with Gasteiger partial charge in [-0.1, -0.05) is 48.5 Å². The lowest BCUT2D eigenvalue weighted by Crippen LogP contribution is -2.41. The van der Waals surface area contributed by atoms with E-state index in [1.807, 2.05) is 48.5 Å². The molecule has 8 nitrogen and oxygen atoms in total. The summed E-state index contributed by atoms with van der Waals surface area (Å²) in [6.45, 7) is 3.37. The second-order valence-electron chi connectivity index (χ2n) is 8.56. The van der Waals surface area contributed by atoms with Crippen LogP contribution in [0.5, 0.6) is 17.2 Å². The molecule has 0 bridgehead atoms. The van der Waals surface area contributed by atoms with Crippen LogP contribution < -0.4 is 14.2 Å². The van der Waals surface area contributed by atoms with Crippen molar-refractivity contribution in [1.82, 2.24) is 4.90 Å². The number of amides is 1. The van der Waals surface area contributed by atoms with Crippen molar-refractivity contribution in [1.29, 1.82) is 5.26 Å². The average molecular weight is 513 g/mol. The molecule has 1 atom stereocenters. The minimum Gasteiger partial charge on any atom is -0.493 e. The van der Waals surface area contributed by atoms with Crippen molar-refractivity contribution >= 4 is 18.0 Å².